The molecule has 0 bridgehead atoms. The van der Waals surface area contributed by atoms with Crippen molar-refractivity contribution in [1.82, 2.24) is 20.4 Å². The molecule has 1 aliphatic heterocycles. The topological polar surface area (TPSA) is 47.6 Å². The maximum atomic E-state index is 11.9. The lowest BCUT2D eigenvalue weighted by Gasteiger charge is -2.47. The lowest BCUT2D eigenvalue weighted by Crippen LogP contribution is -2.58. The molecule has 18 heavy (non-hydrogen) atoms. The van der Waals surface area contributed by atoms with Crippen molar-refractivity contribution in [3.05, 3.63) is 0 Å². The smallest absolute Gasteiger partial charge is 0.234 e. The van der Waals surface area contributed by atoms with E-state index in [1.54, 1.807) is 0 Å². The van der Waals surface area contributed by atoms with Gasteiger partial charge in [0.2, 0.25) is 5.91 Å². The molecular weight excluding hydrogens is 228 g/mol. The molecule has 2 aliphatic rings. The number of carbonyl (C=O) groups excluding carboxylic acids is 1. The number of hydrogen-bond acceptors (Lipinski definition) is 4. The van der Waals surface area contributed by atoms with Crippen LogP contribution in [0, 0.1) is 0 Å². The highest BCUT2D eigenvalue weighted by Gasteiger charge is 2.39. The fourth-order valence-electron chi connectivity index (χ4n) is 2.76. The molecule has 2 rings (SSSR count). The van der Waals surface area contributed by atoms with Gasteiger partial charge in [-0.1, -0.05) is 0 Å². The first-order chi connectivity index (χ1) is 8.62. The molecule has 5 heteroatoms. The second-order valence-electron chi connectivity index (χ2n) is 5.78. The SMILES string of the molecule is CN(C)C1(CNC(=O)CN2CCNCC2)CCC1. The van der Waals surface area contributed by atoms with Crippen molar-refractivity contribution < 1.29 is 4.79 Å². The molecule has 0 aromatic carbocycles. The minimum atomic E-state index is 0.171. The summed E-state index contributed by atoms with van der Waals surface area (Å²) in [6, 6.07) is 0. The summed E-state index contributed by atoms with van der Waals surface area (Å²) >= 11 is 0. The van der Waals surface area contributed by atoms with Crippen LogP contribution in [0.1, 0.15) is 19.3 Å². The molecule has 0 spiro atoms. The molecule has 1 heterocycles. The maximum absolute atomic E-state index is 11.9. The summed E-state index contributed by atoms with van der Waals surface area (Å²) < 4.78 is 0. The van der Waals surface area contributed by atoms with Gasteiger partial charge >= 0.3 is 0 Å². The number of rotatable bonds is 5. The fraction of sp³-hybridized carbons (Fsp3) is 0.923. The number of carbonyl (C=O) groups is 1. The Morgan fingerprint density at radius 2 is 2.00 bits per heavy atom. The summed E-state index contributed by atoms with van der Waals surface area (Å²) in [4.78, 5) is 16.4. The first-order valence-corrected chi connectivity index (χ1v) is 7.00. The maximum Gasteiger partial charge on any atom is 0.234 e. The molecule has 0 unspecified atom stereocenters. The Morgan fingerprint density at radius 1 is 1.33 bits per heavy atom. The van der Waals surface area contributed by atoms with Crippen LogP contribution in [0.2, 0.25) is 0 Å². The van der Waals surface area contributed by atoms with Crippen molar-refractivity contribution in [2.75, 3.05) is 53.4 Å². The molecule has 1 amide bonds. The lowest BCUT2D eigenvalue weighted by atomic mass is 9.75. The number of piperazine rings is 1. The fourth-order valence-corrected chi connectivity index (χ4v) is 2.76. The molecular formula is C13H26N4O. The highest BCUT2D eigenvalue weighted by molar-refractivity contribution is 5.78. The highest BCUT2D eigenvalue weighted by Crippen LogP contribution is 2.35. The summed E-state index contributed by atoms with van der Waals surface area (Å²) in [5, 5.41) is 6.41. The quantitative estimate of drug-likeness (QED) is 0.694. The van der Waals surface area contributed by atoms with Gasteiger partial charge in [-0.15, -0.1) is 0 Å². The molecule has 5 nitrogen and oxygen atoms in total. The monoisotopic (exact) mass is 254 g/mol. The van der Waals surface area contributed by atoms with Gasteiger partial charge in [0.05, 0.1) is 6.54 Å². The van der Waals surface area contributed by atoms with E-state index >= 15 is 0 Å². The summed E-state index contributed by atoms with van der Waals surface area (Å²) in [5.41, 5.74) is 0.221. The molecule has 0 aromatic rings. The predicted molar refractivity (Wildman–Crippen MR) is 72.6 cm³/mol. The highest BCUT2D eigenvalue weighted by atomic mass is 16.2. The second kappa shape index (κ2) is 5.99. The van der Waals surface area contributed by atoms with Gasteiger partial charge in [0.25, 0.3) is 0 Å². The van der Waals surface area contributed by atoms with Crippen LogP contribution in [0.5, 0.6) is 0 Å². The molecule has 1 saturated carbocycles. The van der Waals surface area contributed by atoms with Crippen LogP contribution < -0.4 is 10.6 Å². The Hall–Kier alpha value is -0.650. The zero-order chi connectivity index (χ0) is 13.0. The number of amides is 1. The van der Waals surface area contributed by atoms with Crippen molar-refractivity contribution in [3.8, 4) is 0 Å². The van der Waals surface area contributed by atoms with E-state index in [1.165, 1.54) is 19.3 Å². The third-order valence-corrected chi connectivity index (χ3v) is 4.42. The van der Waals surface area contributed by atoms with Crippen molar-refractivity contribution >= 4 is 5.91 Å². The summed E-state index contributed by atoms with van der Waals surface area (Å²) in [6.45, 7) is 5.29. The number of hydrogen-bond donors (Lipinski definition) is 2. The van der Waals surface area contributed by atoms with Gasteiger partial charge in [0.1, 0.15) is 0 Å². The average molecular weight is 254 g/mol. The second-order valence-corrected chi connectivity index (χ2v) is 5.78. The van der Waals surface area contributed by atoms with Crippen LogP contribution in [0.25, 0.3) is 0 Å². The predicted octanol–water partition coefficient (Wildman–Crippen LogP) is -0.508. The van der Waals surface area contributed by atoms with E-state index in [0.29, 0.717) is 6.54 Å². The van der Waals surface area contributed by atoms with Gasteiger partial charge in [-0.05, 0) is 33.4 Å². The number of nitrogens with zero attached hydrogens (tertiary/aromatic N) is 2. The standard InChI is InChI=1S/C13H26N4O/c1-16(2)13(4-3-5-13)11-15-12(18)10-17-8-6-14-7-9-17/h14H,3-11H2,1-2H3,(H,15,18). The van der Waals surface area contributed by atoms with Crippen molar-refractivity contribution in [1.29, 1.82) is 0 Å². The number of likely N-dealkylation sites (N-methyl/N-ethyl adjacent to an activating group) is 1. The van der Waals surface area contributed by atoms with Crippen molar-refractivity contribution in [3.63, 3.8) is 0 Å². The zero-order valence-corrected chi connectivity index (χ0v) is 11.7. The largest absolute Gasteiger partial charge is 0.353 e. The Kier molecular flexibility index (Phi) is 4.59. The van der Waals surface area contributed by atoms with E-state index in [1.807, 2.05) is 0 Å². The van der Waals surface area contributed by atoms with Crippen LogP contribution in [-0.4, -0.2) is 74.6 Å². The Bertz CT molecular complexity index is 283. The van der Waals surface area contributed by atoms with Crippen LogP contribution in [0.3, 0.4) is 0 Å². The van der Waals surface area contributed by atoms with E-state index in [2.05, 4.69) is 34.5 Å². The Morgan fingerprint density at radius 3 is 2.50 bits per heavy atom. The first-order valence-electron chi connectivity index (χ1n) is 7.00. The third-order valence-electron chi connectivity index (χ3n) is 4.42. The summed E-state index contributed by atoms with van der Waals surface area (Å²) in [7, 11) is 4.23. The molecule has 2 N–H and O–H groups in total. The van der Waals surface area contributed by atoms with Gasteiger partial charge in [0.15, 0.2) is 0 Å². The Labute approximate surface area is 110 Å². The van der Waals surface area contributed by atoms with E-state index in [-0.39, 0.29) is 11.4 Å². The van der Waals surface area contributed by atoms with Gasteiger partial charge in [-0.3, -0.25) is 9.69 Å². The molecule has 0 aromatic heterocycles. The van der Waals surface area contributed by atoms with Crippen LogP contribution in [0.4, 0.5) is 0 Å². The van der Waals surface area contributed by atoms with Crippen LogP contribution >= 0.6 is 0 Å². The van der Waals surface area contributed by atoms with E-state index in [4.69, 9.17) is 0 Å². The first kappa shape index (κ1) is 13.8. The molecule has 1 saturated heterocycles. The average Bonchev–Trinajstić information content (AvgIpc) is 2.28. The van der Waals surface area contributed by atoms with Crippen LogP contribution in [0.15, 0.2) is 0 Å². The van der Waals surface area contributed by atoms with Crippen molar-refractivity contribution in [2.24, 2.45) is 0 Å². The van der Waals surface area contributed by atoms with E-state index < -0.39 is 0 Å². The lowest BCUT2D eigenvalue weighted by molar-refractivity contribution is -0.123. The van der Waals surface area contributed by atoms with E-state index in [9.17, 15) is 4.79 Å². The van der Waals surface area contributed by atoms with Crippen molar-refractivity contribution in [2.45, 2.75) is 24.8 Å². The minimum Gasteiger partial charge on any atom is -0.353 e. The summed E-state index contributed by atoms with van der Waals surface area (Å²) in [5.74, 6) is 0.171. The molecule has 104 valence electrons. The van der Waals surface area contributed by atoms with Gasteiger partial charge in [-0.2, -0.15) is 0 Å². The van der Waals surface area contributed by atoms with Gasteiger partial charge in [-0.25, -0.2) is 0 Å². The summed E-state index contributed by atoms with van der Waals surface area (Å²) in [6.07, 6.45) is 3.69. The van der Waals surface area contributed by atoms with E-state index in [0.717, 1.165) is 32.7 Å². The third kappa shape index (κ3) is 3.22. The molecule has 1 aliphatic carbocycles. The molecule has 0 atom stereocenters. The number of nitrogens with one attached hydrogen (secondary N) is 2. The minimum absolute atomic E-state index is 0.171. The zero-order valence-electron chi connectivity index (χ0n) is 11.7. The van der Waals surface area contributed by atoms with Gasteiger partial charge < -0.3 is 15.5 Å². The molecule has 0 radical (unpaired) electrons. The Balaban J connectivity index is 1.70. The normalized spacial score (nSPS) is 23.7. The van der Waals surface area contributed by atoms with Crippen LogP contribution in [-0.2, 0) is 4.79 Å². The van der Waals surface area contributed by atoms with Gasteiger partial charge in [0, 0.05) is 38.3 Å². The molecule has 2 fully saturated rings.